The second-order valence-corrected chi connectivity index (χ2v) is 8.44. The number of rotatable bonds is 7. The van der Waals surface area contributed by atoms with Crippen molar-refractivity contribution >= 4 is 46.4 Å². The molecule has 0 saturated carbocycles. The predicted molar refractivity (Wildman–Crippen MR) is 136 cm³/mol. The smallest absolute Gasteiger partial charge is 0.335 e. The molecule has 3 aromatic rings. The molecule has 0 radical (unpaired) electrons. The van der Waals surface area contributed by atoms with Crippen molar-refractivity contribution in [1.82, 2.24) is 0 Å². The van der Waals surface area contributed by atoms with Crippen LogP contribution >= 0.6 is 11.8 Å². The number of thioether (sulfide) groups is 1. The molecule has 1 aliphatic heterocycles. The van der Waals surface area contributed by atoms with E-state index in [0.717, 1.165) is 39.4 Å². The van der Waals surface area contributed by atoms with Crippen molar-refractivity contribution in [1.29, 1.82) is 0 Å². The zero-order valence-electron chi connectivity index (χ0n) is 18.4. The lowest BCUT2D eigenvalue weighted by atomic mass is 10.0. The standard InChI is InChI=1S/C28H19NO5S/c1-2-27(32)34-23-12-8-21(9-13-23)20-6-3-19(4-7-20)5-18-28(33)35-24-14-10-22(11-15-24)29-25(30)16-17-26(29)31/h2-18H,1H2/b18-5+. The summed E-state index contributed by atoms with van der Waals surface area (Å²) in [4.78, 5) is 48.9. The van der Waals surface area contributed by atoms with E-state index in [-0.39, 0.29) is 16.9 Å². The number of benzene rings is 3. The normalized spacial score (nSPS) is 12.9. The molecule has 0 fully saturated rings. The van der Waals surface area contributed by atoms with Gasteiger partial charge < -0.3 is 4.74 Å². The van der Waals surface area contributed by atoms with Crippen molar-refractivity contribution in [2.24, 2.45) is 0 Å². The molecule has 1 aliphatic rings. The SMILES string of the molecule is C=CC(=O)Oc1ccc(-c2ccc(/C=C/C(=O)Sc3ccc(N4C(=O)C=CC4=O)cc3)cc2)cc1. The Labute approximate surface area is 206 Å². The van der Waals surface area contributed by atoms with Crippen molar-refractivity contribution < 1.29 is 23.9 Å². The first kappa shape index (κ1) is 23.7. The lowest BCUT2D eigenvalue weighted by molar-refractivity contribution is -0.129. The second kappa shape index (κ2) is 10.6. The molecule has 172 valence electrons. The maximum atomic E-state index is 12.4. The Hall–Kier alpha value is -4.49. The Morgan fingerprint density at radius 3 is 1.94 bits per heavy atom. The summed E-state index contributed by atoms with van der Waals surface area (Å²) >= 11 is 1.05. The van der Waals surface area contributed by atoms with Gasteiger partial charge in [0.15, 0.2) is 0 Å². The first-order chi connectivity index (χ1) is 16.9. The van der Waals surface area contributed by atoms with E-state index in [4.69, 9.17) is 4.74 Å². The van der Waals surface area contributed by atoms with Gasteiger partial charge in [0.2, 0.25) is 5.12 Å². The van der Waals surface area contributed by atoms with Gasteiger partial charge in [0.1, 0.15) is 5.75 Å². The topological polar surface area (TPSA) is 80.8 Å². The van der Waals surface area contributed by atoms with E-state index >= 15 is 0 Å². The van der Waals surface area contributed by atoms with Crippen LogP contribution in [0.5, 0.6) is 5.75 Å². The first-order valence-corrected chi connectivity index (χ1v) is 11.4. The van der Waals surface area contributed by atoms with Gasteiger partial charge >= 0.3 is 5.97 Å². The number of hydrogen-bond donors (Lipinski definition) is 0. The van der Waals surface area contributed by atoms with E-state index in [1.807, 2.05) is 36.4 Å². The third-order valence-corrected chi connectivity index (χ3v) is 5.86. The van der Waals surface area contributed by atoms with Crippen LogP contribution in [0.3, 0.4) is 0 Å². The zero-order valence-corrected chi connectivity index (χ0v) is 19.2. The van der Waals surface area contributed by atoms with Crippen molar-refractivity contribution in [2.75, 3.05) is 4.90 Å². The monoisotopic (exact) mass is 481 g/mol. The molecule has 2 amide bonds. The number of imide groups is 1. The van der Waals surface area contributed by atoms with Gasteiger partial charge in [-0.3, -0.25) is 14.4 Å². The fourth-order valence-corrected chi connectivity index (χ4v) is 3.93. The maximum Gasteiger partial charge on any atom is 0.335 e. The van der Waals surface area contributed by atoms with E-state index in [1.165, 1.54) is 18.2 Å². The van der Waals surface area contributed by atoms with Gasteiger partial charge in [-0.2, -0.15) is 0 Å². The summed E-state index contributed by atoms with van der Waals surface area (Å²) in [6, 6.07) is 21.5. The maximum absolute atomic E-state index is 12.4. The van der Waals surface area contributed by atoms with E-state index in [9.17, 15) is 19.2 Å². The molecule has 0 bridgehead atoms. The Kier molecular flexibility index (Phi) is 7.18. The van der Waals surface area contributed by atoms with E-state index in [2.05, 4.69) is 6.58 Å². The molecular formula is C28H19NO5S. The van der Waals surface area contributed by atoms with Crippen LogP contribution in [0.1, 0.15) is 5.56 Å². The minimum Gasteiger partial charge on any atom is -0.423 e. The Bertz CT molecular complexity index is 1340. The summed E-state index contributed by atoms with van der Waals surface area (Å²) in [5.74, 6) is -0.831. The number of amides is 2. The van der Waals surface area contributed by atoms with Crippen molar-refractivity contribution in [3.63, 3.8) is 0 Å². The molecule has 0 saturated heterocycles. The van der Waals surface area contributed by atoms with Crippen LogP contribution in [0.15, 0.2) is 109 Å². The van der Waals surface area contributed by atoms with Crippen LogP contribution in [0.4, 0.5) is 5.69 Å². The molecule has 3 aromatic carbocycles. The second-order valence-electron chi connectivity index (χ2n) is 7.37. The molecule has 0 atom stereocenters. The fraction of sp³-hybridized carbons (Fsp3) is 0. The average molecular weight is 482 g/mol. The number of carbonyl (C=O) groups excluding carboxylic acids is 4. The molecule has 0 spiro atoms. The van der Waals surface area contributed by atoms with Gasteiger partial charge in [-0.1, -0.05) is 49.1 Å². The fourth-order valence-electron chi connectivity index (χ4n) is 3.29. The number of ether oxygens (including phenoxy) is 1. The molecule has 0 aliphatic carbocycles. The highest BCUT2D eigenvalue weighted by Gasteiger charge is 2.24. The summed E-state index contributed by atoms with van der Waals surface area (Å²) in [6.45, 7) is 3.37. The molecule has 7 heteroatoms. The van der Waals surface area contributed by atoms with Crippen LogP contribution in [0.2, 0.25) is 0 Å². The van der Waals surface area contributed by atoms with Crippen LogP contribution in [0, 0.1) is 0 Å². The minimum atomic E-state index is -0.508. The Balaban J connectivity index is 1.34. The van der Waals surface area contributed by atoms with Gasteiger partial charge in [0.25, 0.3) is 11.8 Å². The summed E-state index contributed by atoms with van der Waals surface area (Å²) in [5.41, 5.74) is 3.27. The number of anilines is 1. The van der Waals surface area contributed by atoms with Crippen LogP contribution in [-0.2, 0) is 19.2 Å². The van der Waals surface area contributed by atoms with Gasteiger partial charge in [-0.15, -0.1) is 0 Å². The number of esters is 1. The summed E-state index contributed by atoms with van der Waals surface area (Å²) in [5, 5.41) is -0.151. The van der Waals surface area contributed by atoms with Gasteiger partial charge in [0, 0.05) is 23.1 Å². The number of nitrogens with zero attached hydrogens (tertiary/aromatic N) is 1. The zero-order chi connectivity index (χ0) is 24.8. The first-order valence-electron chi connectivity index (χ1n) is 10.5. The summed E-state index contributed by atoms with van der Waals surface area (Å²) < 4.78 is 5.08. The van der Waals surface area contributed by atoms with E-state index in [0.29, 0.717) is 16.3 Å². The van der Waals surface area contributed by atoms with Crippen molar-refractivity contribution in [2.45, 2.75) is 4.90 Å². The third-order valence-electron chi connectivity index (χ3n) is 5.02. The van der Waals surface area contributed by atoms with Crippen molar-refractivity contribution in [3.8, 4) is 16.9 Å². The average Bonchev–Trinajstić information content (AvgIpc) is 3.21. The van der Waals surface area contributed by atoms with E-state index < -0.39 is 5.97 Å². The van der Waals surface area contributed by atoms with Gasteiger partial charge in [-0.05, 0) is 70.9 Å². The van der Waals surface area contributed by atoms with Crippen LogP contribution < -0.4 is 9.64 Å². The molecule has 0 aromatic heterocycles. The Morgan fingerprint density at radius 1 is 0.800 bits per heavy atom. The van der Waals surface area contributed by atoms with Crippen LogP contribution in [-0.4, -0.2) is 22.9 Å². The summed E-state index contributed by atoms with van der Waals surface area (Å²) in [6.07, 6.45) is 6.79. The summed E-state index contributed by atoms with van der Waals surface area (Å²) in [7, 11) is 0. The Morgan fingerprint density at radius 2 is 1.37 bits per heavy atom. The molecule has 6 nitrogen and oxygen atoms in total. The van der Waals surface area contributed by atoms with Gasteiger partial charge in [0.05, 0.1) is 5.69 Å². The molecule has 0 N–H and O–H groups in total. The largest absolute Gasteiger partial charge is 0.423 e. The molecule has 35 heavy (non-hydrogen) atoms. The third kappa shape index (κ3) is 5.90. The highest BCUT2D eigenvalue weighted by molar-refractivity contribution is 8.14. The number of carbonyl (C=O) groups is 4. The van der Waals surface area contributed by atoms with Gasteiger partial charge in [-0.25, -0.2) is 9.69 Å². The lowest BCUT2D eigenvalue weighted by Gasteiger charge is -2.13. The highest BCUT2D eigenvalue weighted by Crippen LogP contribution is 2.26. The molecule has 4 rings (SSSR count). The molecular weight excluding hydrogens is 462 g/mol. The minimum absolute atomic E-state index is 0.151. The predicted octanol–water partition coefficient (Wildman–Crippen LogP) is 5.21. The molecule has 1 heterocycles. The molecule has 0 unspecified atom stereocenters. The van der Waals surface area contributed by atoms with Crippen molar-refractivity contribution in [3.05, 3.63) is 109 Å². The number of hydrogen-bond acceptors (Lipinski definition) is 6. The van der Waals surface area contributed by atoms with Crippen LogP contribution in [0.25, 0.3) is 17.2 Å². The highest BCUT2D eigenvalue weighted by atomic mass is 32.2. The quantitative estimate of drug-likeness (QED) is 0.152. The van der Waals surface area contributed by atoms with E-state index in [1.54, 1.807) is 42.5 Å². The lowest BCUT2D eigenvalue weighted by Crippen LogP contribution is -2.29.